The number of aryl methyl sites for hydroxylation is 1. The molecule has 0 fully saturated rings. The van der Waals surface area contributed by atoms with Gasteiger partial charge in [0.1, 0.15) is 6.33 Å². The van der Waals surface area contributed by atoms with Crippen LogP contribution in [0.4, 0.5) is 5.69 Å². The number of sulfone groups is 1. The van der Waals surface area contributed by atoms with Crippen LogP contribution in [0.25, 0.3) is 0 Å². The van der Waals surface area contributed by atoms with Crippen molar-refractivity contribution < 1.29 is 18.1 Å². The van der Waals surface area contributed by atoms with Crippen molar-refractivity contribution in [3.8, 4) is 6.07 Å². The monoisotopic (exact) mass is 349 g/mol. The van der Waals surface area contributed by atoms with Crippen molar-refractivity contribution in [2.24, 2.45) is 7.05 Å². The Morgan fingerprint density at radius 1 is 1.46 bits per heavy atom. The zero-order chi connectivity index (χ0) is 18.1. The van der Waals surface area contributed by atoms with Gasteiger partial charge in [0, 0.05) is 19.4 Å². The molecule has 0 aliphatic heterocycles. The number of carbonyl (C=O) groups is 1. The number of aromatic nitrogens is 3. The summed E-state index contributed by atoms with van der Waals surface area (Å²) >= 11 is 0. The predicted octanol–water partition coefficient (Wildman–Crippen LogP) is 0.617. The van der Waals surface area contributed by atoms with Gasteiger partial charge in [0.15, 0.2) is 27.4 Å². The van der Waals surface area contributed by atoms with Gasteiger partial charge in [-0.25, -0.2) is 13.4 Å². The van der Waals surface area contributed by atoms with Crippen LogP contribution >= 0.6 is 0 Å². The normalized spacial score (nSPS) is 12.4. The smallest absolute Gasteiger partial charge is 0.281 e. The van der Waals surface area contributed by atoms with E-state index < -0.39 is 32.1 Å². The molecule has 2 rings (SSSR count). The molecule has 24 heavy (non-hydrogen) atoms. The molecule has 0 radical (unpaired) electrons. The first-order valence-corrected chi connectivity index (χ1v) is 8.32. The molecule has 1 atom stereocenters. The lowest BCUT2D eigenvalue weighted by Gasteiger charge is -2.09. The molecule has 1 aromatic carbocycles. The van der Waals surface area contributed by atoms with Crippen LogP contribution in [0.2, 0.25) is 0 Å². The van der Waals surface area contributed by atoms with Gasteiger partial charge in [-0.05, 0) is 12.1 Å². The van der Waals surface area contributed by atoms with E-state index >= 15 is 0 Å². The van der Waals surface area contributed by atoms with E-state index in [2.05, 4.69) is 10.1 Å². The third kappa shape index (κ3) is 3.13. The Bertz CT molecular complexity index is 973. The van der Waals surface area contributed by atoms with Crippen LogP contribution in [-0.2, 0) is 16.9 Å². The Morgan fingerprint density at radius 2 is 2.12 bits per heavy atom. The van der Waals surface area contributed by atoms with Gasteiger partial charge in [0.2, 0.25) is 0 Å². The third-order valence-electron chi connectivity index (χ3n) is 3.26. The fraction of sp³-hybridized carbons (Fsp3) is 0.231. The first-order chi connectivity index (χ1) is 11.2. The summed E-state index contributed by atoms with van der Waals surface area (Å²) in [5.41, 5.74) is -1.06. The molecule has 0 aliphatic rings. The highest BCUT2D eigenvalue weighted by atomic mass is 32.2. The number of benzene rings is 1. The number of nitrogens with zero attached hydrogens (tertiary/aromatic N) is 5. The minimum atomic E-state index is -3.68. The molecule has 124 valence electrons. The van der Waals surface area contributed by atoms with Crippen LogP contribution in [-0.4, -0.2) is 40.1 Å². The molecule has 0 saturated heterocycles. The van der Waals surface area contributed by atoms with Crippen molar-refractivity contribution in [2.45, 2.75) is 10.8 Å². The molecule has 0 saturated carbocycles. The Balaban J connectivity index is 2.59. The molecule has 0 N–H and O–H groups in total. The number of nitriles is 1. The second kappa shape index (κ2) is 6.17. The van der Waals surface area contributed by atoms with Gasteiger partial charge >= 0.3 is 0 Å². The van der Waals surface area contributed by atoms with Gasteiger partial charge in [0.25, 0.3) is 5.69 Å². The molecule has 0 spiro atoms. The van der Waals surface area contributed by atoms with Crippen LogP contribution in [0, 0.1) is 21.4 Å². The molecule has 11 heteroatoms. The number of ketones is 1. The molecule has 1 unspecified atom stereocenters. The summed E-state index contributed by atoms with van der Waals surface area (Å²) in [6, 6.07) is 4.65. The maximum atomic E-state index is 12.6. The fourth-order valence-corrected chi connectivity index (χ4v) is 2.70. The number of hydrogen-bond acceptors (Lipinski definition) is 8. The zero-order valence-corrected chi connectivity index (χ0v) is 13.4. The predicted molar refractivity (Wildman–Crippen MR) is 79.9 cm³/mol. The number of rotatable bonds is 5. The zero-order valence-electron chi connectivity index (χ0n) is 12.6. The van der Waals surface area contributed by atoms with E-state index in [0.717, 1.165) is 30.8 Å². The molecule has 0 aliphatic carbocycles. The lowest BCUT2D eigenvalue weighted by atomic mass is 9.97. The van der Waals surface area contributed by atoms with Crippen molar-refractivity contribution in [3.05, 3.63) is 46.0 Å². The van der Waals surface area contributed by atoms with E-state index in [9.17, 15) is 28.6 Å². The Labute approximate surface area is 136 Å². The Morgan fingerprint density at radius 3 is 2.58 bits per heavy atom. The first-order valence-electron chi connectivity index (χ1n) is 6.43. The number of hydrogen-bond donors (Lipinski definition) is 0. The van der Waals surface area contributed by atoms with Crippen LogP contribution in [0.3, 0.4) is 0 Å². The lowest BCUT2D eigenvalue weighted by molar-refractivity contribution is -0.385. The highest BCUT2D eigenvalue weighted by Gasteiger charge is 2.32. The van der Waals surface area contributed by atoms with Gasteiger partial charge in [-0.2, -0.15) is 10.4 Å². The van der Waals surface area contributed by atoms with Gasteiger partial charge in [-0.3, -0.25) is 19.6 Å². The van der Waals surface area contributed by atoms with E-state index in [1.165, 1.54) is 11.7 Å². The SMILES string of the molecule is Cn1ncnc1C(C#N)C(=O)c1ccc(S(C)(=O)=O)cc1[N+](=O)[O-]. The summed E-state index contributed by atoms with van der Waals surface area (Å²) in [5, 5.41) is 24.2. The fourth-order valence-electron chi connectivity index (χ4n) is 2.06. The van der Waals surface area contributed by atoms with Crippen LogP contribution in [0.15, 0.2) is 29.4 Å². The topological polar surface area (TPSA) is 149 Å². The van der Waals surface area contributed by atoms with Crippen molar-refractivity contribution in [1.82, 2.24) is 14.8 Å². The summed E-state index contributed by atoms with van der Waals surface area (Å²) in [7, 11) is -2.21. The van der Waals surface area contributed by atoms with Crippen molar-refractivity contribution >= 4 is 21.3 Å². The molecule has 2 aromatic rings. The quantitative estimate of drug-likeness (QED) is 0.433. The number of nitro benzene ring substituents is 1. The van der Waals surface area contributed by atoms with Crippen molar-refractivity contribution in [1.29, 1.82) is 5.26 Å². The van der Waals surface area contributed by atoms with E-state index in [-0.39, 0.29) is 16.3 Å². The summed E-state index contributed by atoms with van der Waals surface area (Å²) in [6.45, 7) is 0. The van der Waals surface area contributed by atoms with E-state index in [1.54, 1.807) is 6.07 Å². The summed E-state index contributed by atoms with van der Waals surface area (Å²) in [6.07, 6.45) is 2.04. The van der Waals surface area contributed by atoms with E-state index in [1.807, 2.05) is 0 Å². The van der Waals surface area contributed by atoms with Crippen LogP contribution in [0.1, 0.15) is 22.1 Å². The standard InChI is InChI=1S/C13H11N5O5S/c1-17-13(15-7-16-17)10(6-14)12(19)9-4-3-8(24(2,22)23)5-11(9)18(20)21/h3-5,7,10H,1-2H3. The van der Waals surface area contributed by atoms with E-state index in [0.29, 0.717) is 0 Å². The van der Waals surface area contributed by atoms with Gasteiger partial charge in [-0.1, -0.05) is 0 Å². The molecular weight excluding hydrogens is 338 g/mol. The number of Topliss-reactive ketones (excluding diaryl/α,β-unsaturated/α-hetero) is 1. The minimum absolute atomic E-state index is 0.0315. The minimum Gasteiger partial charge on any atom is -0.292 e. The molecule has 1 aromatic heterocycles. The van der Waals surface area contributed by atoms with Gasteiger partial charge in [0.05, 0.1) is 21.5 Å². The van der Waals surface area contributed by atoms with Crippen LogP contribution < -0.4 is 0 Å². The summed E-state index contributed by atoms with van der Waals surface area (Å²) in [5.74, 6) is -2.23. The largest absolute Gasteiger partial charge is 0.292 e. The maximum Gasteiger partial charge on any atom is 0.281 e. The van der Waals surface area contributed by atoms with Gasteiger partial charge < -0.3 is 0 Å². The Kier molecular flexibility index (Phi) is 4.43. The number of nitro groups is 1. The summed E-state index contributed by atoms with van der Waals surface area (Å²) < 4.78 is 24.3. The first kappa shape index (κ1) is 17.2. The molecule has 0 amide bonds. The highest BCUT2D eigenvalue weighted by Crippen LogP contribution is 2.28. The average Bonchev–Trinajstić information content (AvgIpc) is 2.92. The average molecular weight is 349 g/mol. The Hall–Kier alpha value is -3.13. The molecule has 0 bridgehead atoms. The lowest BCUT2D eigenvalue weighted by Crippen LogP contribution is -2.17. The van der Waals surface area contributed by atoms with Gasteiger partial charge in [-0.15, -0.1) is 0 Å². The van der Waals surface area contributed by atoms with Crippen molar-refractivity contribution in [3.63, 3.8) is 0 Å². The molecular formula is C13H11N5O5S. The summed E-state index contributed by atoms with van der Waals surface area (Å²) in [4.78, 5) is 26.4. The number of carbonyl (C=O) groups excluding carboxylic acids is 1. The second-order valence-corrected chi connectivity index (χ2v) is 6.89. The van der Waals surface area contributed by atoms with Crippen LogP contribution in [0.5, 0.6) is 0 Å². The maximum absolute atomic E-state index is 12.6. The highest BCUT2D eigenvalue weighted by molar-refractivity contribution is 7.90. The second-order valence-electron chi connectivity index (χ2n) is 4.88. The van der Waals surface area contributed by atoms with E-state index in [4.69, 9.17) is 0 Å². The molecule has 10 nitrogen and oxygen atoms in total. The molecule has 1 heterocycles. The van der Waals surface area contributed by atoms with Crippen molar-refractivity contribution in [2.75, 3.05) is 6.26 Å². The third-order valence-corrected chi connectivity index (χ3v) is 4.37.